The molecule has 1 aromatic rings. The SMILES string of the molecule is Cc1nc(CCNC2CC(C)(C)OC2(C)C)no1. The van der Waals surface area contributed by atoms with Crippen molar-refractivity contribution in [2.24, 2.45) is 0 Å². The predicted molar refractivity (Wildman–Crippen MR) is 68.4 cm³/mol. The molecule has 1 saturated heterocycles. The standard InChI is InChI=1S/C13H23N3O2/c1-9-15-11(16-17-9)6-7-14-10-8-12(2,3)18-13(10,4)5/h10,14H,6-8H2,1-5H3. The maximum atomic E-state index is 6.04. The second-order valence-electron chi connectivity index (χ2n) is 6.16. The van der Waals surface area contributed by atoms with Gasteiger partial charge in [-0.15, -0.1) is 0 Å². The first-order valence-electron chi connectivity index (χ1n) is 6.51. The van der Waals surface area contributed by atoms with Gasteiger partial charge in [-0.25, -0.2) is 0 Å². The van der Waals surface area contributed by atoms with E-state index in [0.29, 0.717) is 11.9 Å². The fourth-order valence-electron chi connectivity index (χ4n) is 2.68. The van der Waals surface area contributed by atoms with E-state index >= 15 is 0 Å². The van der Waals surface area contributed by atoms with Crippen molar-refractivity contribution in [2.45, 2.75) is 64.7 Å². The van der Waals surface area contributed by atoms with Crippen molar-refractivity contribution >= 4 is 0 Å². The monoisotopic (exact) mass is 253 g/mol. The van der Waals surface area contributed by atoms with E-state index in [9.17, 15) is 0 Å². The molecule has 1 atom stereocenters. The van der Waals surface area contributed by atoms with E-state index in [4.69, 9.17) is 9.26 Å². The molecule has 1 fully saturated rings. The Morgan fingerprint density at radius 3 is 2.56 bits per heavy atom. The van der Waals surface area contributed by atoms with Gasteiger partial charge in [-0.2, -0.15) is 4.98 Å². The molecule has 0 radical (unpaired) electrons. The molecule has 2 heterocycles. The van der Waals surface area contributed by atoms with Crippen molar-refractivity contribution in [1.29, 1.82) is 0 Å². The number of nitrogens with one attached hydrogen (secondary N) is 1. The molecule has 1 aliphatic heterocycles. The van der Waals surface area contributed by atoms with E-state index in [-0.39, 0.29) is 11.2 Å². The van der Waals surface area contributed by atoms with Crippen molar-refractivity contribution in [3.8, 4) is 0 Å². The number of hydrogen-bond donors (Lipinski definition) is 1. The topological polar surface area (TPSA) is 60.2 Å². The summed E-state index contributed by atoms with van der Waals surface area (Å²) in [7, 11) is 0. The molecule has 1 aromatic heterocycles. The predicted octanol–water partition coefficient (Wildman–Crippen LogP) is 1.86. The van der Waals surface area contributed by atoms with E-state index in [1.807, 2.05) is 0 Å². The smallest absolute Gasteiger partial charge is 0.223 e. The van der Waals surface area contributed by atoms with Gasteiger partial charge in [-0.05, 0) is 34.1 Å². The molecule has 0 aliphatic carbocycles. The van der Waals surface area contributed by atoms with Crippen molar-refractivity contribution in [2.75, 3.05) is 6.54 Å². The molecule has 0 amide bonds. The van der Waals surface area contributed by atoms with E-state index < -0.39 is 0 Å². The minimum Gasteiger partial charge on any atom is -0.368 e. The summed E-state index contributed by atoms with van der Waals surface area (Å²) in [5.74, 6) is 1.38. The van der Waals surface area contributed by atoms with Crippen LogP contribution in [0.3, 0.4) is 0 Å². The van der Waals surface area contributed by atoms with Gasteiger partial charge in [0.15, 0.2) is 5.82 Å². The fourth-order valence-corrected chi connectivity index (χ4v) is 2.68. The van der Waals surface area contributed by atoms with Crippen LogP contribution in [0.1, 0.15) is 45.8 Å². The largest absolute Gasteiger partial charge is 0.368 e. The number of rotatable bonds is 4. The molecule has 0 saturated carbocycles. The van der Waals surface area contributed by atoms with Gasteiger partial charge in [0.2, 0.25) is 5.89 Å². The van der Waals surface area contributed by atoms with E-state index in [0.717, 1.165) is 25.2 Å². The lowest BCUT2D eigenvalue weighted by molar-refractivity contribution is -0.0697. The Labute approximate surface area is 108 Å². The Hall–Kier alpha value is -0.940. The Morgan fingerprint density at radius 2 is 2.06 bits per heavy atom. The van der Waals surface area contributed by atoms with Crippen molar-refractivity contribution in [1.82, 2.24) is 15.5 Å². The Bertz CT molecular complexity index is 412. The van der Waals surface area contributed by atoms with Crippen LogP contribution in [-0.4, -0.2) is 33.9 Å². The van der Waals surface area contributed by atoms with Crippen LogP contribution in [0.25, 0.3) is 0 Å². The highest BCUT2D eigenvalue weighted by atomic mass is 16.5. The highest BCUT2D eigenvalue weighted by molar-refractivity contribution is 4.99. The van der Waals surface area contributed by atoms with Gasteiger partial charge in [-0.3, -0.25) is 0 Å². The van der Waals surface area contributed by atoms with Crippen LogP contribution >= 0.6 is 0 Å². The number of aromatic nitrogens is 2. The van der Waals surface area contributed by atoms with Gasteiger partial charge in [0, 0.05) is 25.9 Å². The summed E-state index contributed by atoms with van der Waals surface area (Å²) in [6.07, 6.45) is 1.80. The summed E-state index contributed by atoms with van der Waals surface area (Å²) in [6.45, 7) is 11.2. The minimum atomic E-state index is -0.128. The molecule has 18 heavy (non-hydrogen) atoms. The van der Waals surface area contributed by atoms with Gasteiger partial charge in [-0.1, -0.05) is 5.16 Å². The summed E-state index contributed by atoms with van der Waals surface area (Å²) < 4.78 is 11.0. The van der Waals surface area contributed by atoms with Crippen molar-refractivity contribution in [3.05, 3.63) is 11.7 Å². The second-order valence-corrected chi connectivity index (χ2v) is 6.16. The van der Waals surface area contributed by atoms with Crippen LogP contribution in [0.5, 0.6) is 0 Å². The van der Waals surface area contributed by atoms with E-state index in [1.165, 1.54) is 0 Å². The van der Waals surface area contributed by atoms with Gasteiger partial charge in [0.05, 0.1) is 11.2 Å². The second kappa shape index (κ2) is 4.63. The lowest BCUT2D eigenvalue weighted by atomic mass is 9.94. The summed E-state index contributed by atoms with van der Waals surface area (Å²) in [4.78, 5) is 4.19. The molecule has 1 N–H and O–H groups in total. The third kappa shape index (κ3) is 3.09. The highest BCUT2D eigenvalue weighted by Gasteiger charge is 2.45. The third-order valence-electron chi connectivity index (χ3n) is 3.38. The maximum Gasteiger partial charge on any atom is 0.223 e. The maximum absolute atomic E-state index is 6.04. The molecular formula is C13H23N3O2. The van der Waals surface area contributed by atoms with Crippen LogP contribution in [-0.2, 0) is 11.2 Å². The zero-order chi connectivity index (χ0) is 13.4. The first-order chi connectivity index (χ1) is 8.28. The molecular weight excluding hydrogens is 230 g/mol. The van der Waals surface area contributed by atoms with Gasteiger partial charge in [0.1, 0.15) is 0 Å². The molecule has 102 valence electrons. The van der Waals surface area contributed by atoms with Crippen molar-refractivity contribution in [3.63, 3.8) is 0 Å². The lowest BCUT2D eigenvalue weighted by Gasteiger charge is -2.27. The van der Waals surface area contributed by atoms with Crippen LogP contribution in [0.2, 0.25) is 0 Å². The fraction of sp³-hybridized carbons (Fsp3) is 0.846. The Morgan fingerprint density at radius 1 is 1.33 bits per heavy atom. The first-order valence-corrected chi connectivity index (χ1v) is 6.51. The van der Waals surface area contributed by atoms with Crippen LogP contribution in [0.15, 0.2) is 4.52 Å². The van der Waals surface area contributed by atoms with E-state index in [2.05, 4.69) is 43.2 Å². The first kappa shape index (κ1) is 13.5. The minimum absolute atomic E-state index is 0.0517. The van der Waals surface area contributed by atoms with Crippen LogP contribution in [0, 0.1) is 6.92 Å². The van der Waals surface area contributed by atoms with Gasteiger partial charge >= 0.3 is 0 Å². The van der Waals surface area contributed by atoms with Crippen LogP contribution in [0.4, 0.5) is 0 Å². The lowest BCUT2D eigenvalue weighted by Crippen LogP contribution is -2.44. The summed E-state index contributed by atoms with van der Waals surface area (Å²) >= 11 is 0. The number of hydrogen-bond acceptors (Lipinski definition) is 5. The van der Waals surface area contributed by atoms with Gasteiger partial charge in [0.25, 0.3) is 0 Å². The third-order valence-corrected chi connectivity index (χ3v) is 3.38. The van der Waals surface area contributed by atoms with E-state index in [1.54, 1.807) is 6.92 Å². The average Bonchev–Trinajstić information content (AvgIpc) is 2.68. The summed E-state index contributed by atoms with van der Waals surface area (Å²) in [5, 5.41) is 7.43. The molecule has 1 aliphatic rings. The molecule has 5 heteroatoms. The number of nitrogens with zero attached hydrogens (tertiary/aromatic N) is 2. The summed E-state index contributed by atoms with van der Waals surface area (Å²) in [5.41, 5.74) is -0.180. The molecule has 0 spiro atoms. The van der Waals surface area contributed by atoms with Crippen molar-refractivity contribution < 1.29 is 9.26 Å². The Balaban J connectivity index is 1.83. The molecule has 2 rings (SSSR count). The molecule has 1 unspecified atom stereocenters. The quantitative estimate of drug-likeness (QED) is 0.887. The Kier molecular flexibility index (Phi) is 3.47. The van der Waals surface area contributed by atoms with Gasteiger partial charge < -0.3 is 14.6 Å². The molecule has 0 bridgehead atoms. The molecule has 5 nitrogen and oxygen atoms in total. The number of ether oxygens (including phenoxy) is 1. The average molecular weight is 253 g/mol. The number of aryl methyl sites for hydroxylation is 1. The zero-order valence-corrected chi connectivity index (χ0v) is 11.9. The van der Waals surface area contributed by atoms with Crippen LogP contribution < -0.4 is 5.32 Å². The normalized spacial score (nSPS) is 25.5. The summed E-state index contributed by atoms with van der Waals surface area (Å²) in [6, 6.07) is 0.362. The molecule has 0 aromatic carbocycles. The highest BCUT2D eigenvalue weighted by Crippen LogP contribution is 2.37. The zero-order valence-electron chi connectivity index (χ0n) is 11.9.